The lowest BCUT2D eigenvalue weighted by Gasteiger charge is -2.12. The molecule has 0 aliphatic heterocycles. The number of fused-ring (bicyclic) bond motifs is 1. The fraction of sp³-hybridized carbons (Fsp3) is 0.462. The Balaban J connectivity index is 2.46. The minimum absolute atomic E-state index is 0.0614. The fourth-order valence-electron chi connectivity index (χ4n) is 2.32. The molecular weight excluding hydrogens is 238 g/mol. The van der Waals surface area contributed by atoms with Gasteiger partial charge < -0.3 is 5.11 Å². The van der Waals surface area contributed by atoms with E-state index in [0.29, 0.717) is 10.6 Å². The van der Waals surface area contributed by atoms with Crippen molar-refractivity contribution in [2.75, 3.05) is 0 Å². The van der Waals surface area contributed by atoms with Crippen LogP contribution in [0.4, 0.5) is 0 Å². The Morgan fingerprint density at radius 3 is 2.88 bits per heavy atom. The van der Waals surface area contributed by atoms with Crippen LogP contribution in [0.5, 0.6) is 5.75 Å². The molecule has 1 aromatic rings. The van der Waals surface area contributed by atoms with Crippen LogP contribution in [-0.4, -0.2) is 11.2 Å². The van der Waals surface area contributed by atoms with Crippen LogP contribution in [0.3, 0.4) is 0 Å². The molecule has 2 rings (SSSR count). The third-order valence-corrected chi connectivity index (χ3v) is 3.61. The number of nitrogens with zero attached hydrogens (tertiary/aromatic N) is 1. The third-order valence-electron chi connectivity index (χ3n) is 3.20. The molecule has 90 valence electrons. The Kier molecular flexibility index (Phi) is 3.82. The molecule has 1 aliphatic carbocycles. The monoisotopic (exact) mass is 251 g/mol. The van der Waals surface area contributed by atoms with Gasteiger partial charge in [-0.1, -0.05) is 18.0 Å². The predicted molar refractivity (Wildman–Crippen MR) is 66.2 cm³/mol. The van der Waals surface area contributed by atoms with E-state index in [9.17, 15) is 9.90 Å². The van der Waals surface area contributed by atoms with E-state index in [0.717, 1.165) is 31.2 Å². The van der Waals surface area contributed by atoms with Gasteiger partial charge in [-0.3, -0.25) is 0 Å². The van der Waals surface area contributed by atoms with Crippen LogP contribution in [0.1, 0.15) is 36.0 Å². The summed E-state index contributed by atoms with van der Waals surface area (Å²) in [5.74, 6) is 0.0614. The van der Waals surface area contributed by atoms with E-state index >= 15 is 0 Å². The molecule has 0 radical (unpaired) electrons. The van der Waals surface area contributed by atoms with Gasteiger partial charge in [0.1, 0.15) is 5.75 Å². The maximum Gasteiger partial charge on any atom is 0.235 e. The van der Waals surface area contributed by atoms with Gasteiger partial charge in [0.25, 0.3) is 0 Å². The van der Waals surface area contributed by atoms with Crippen molar-refractivity contribution in [1.29, 1.82) is 0 Å². The summed E-state index contributed by atoms with van der Waals surface area (Å²) in [5, 5.41) is 10.4. The molecule has 0 heterocycles. The van der Waals surface area contributed by atoms with Crippen LogP contribution in [0, 0.1) is 0 Å². The summed E-state index contributed by atoms with van der Waals surface area (Å²) in [5.41, 5.74) is 2.85. The van der Waals surface area contributed by atoms with Crippen molar-refractivity contribution in [3.05, 3.63) is 27.8 Å². The summed E-state index contributed by atoms with van der Waals surface area (Å²) in [6.07, 6.45) is 6.81. The highest BCUT2D eigenvalue weighted by molar-refractivity contribution is 6.33. The molecular formula is C13H14ClNO2. The molecule has 0 aromatic heterocycles. The lowest BCUT2D eigenvalue weighted by molar-refractivity contribution is 0.467. The van der Waals surface area contributed by atoms with E-state index in [1.165, 1.54) is 18.1 Å². The highest BCUT2D eigenvalue weighted by Gasteiger charge is 2.17. The first-order valence-corrected chi connectivity index (χ1v) is 6.17. The predicted octanol–water partition coefficient (Wildman–Crippen LogP) is 3.15. The summed E-state index contributed by atoms with van der Waals surface area (Å²) in [6.45, 7) is 0.141. The maximum absolute atomic E-state index is 10.1. The second-order valence-electron chi connectivity index (χ2n) is 4.30. The number of aromatic hydroxyl groups is 1. The number of hydrogen-bond acceptors (Lipinski definition) is 3. The zero-order valence-corrected chi connectivity index (χ0v) is 10.3. The topological polar surface area (TPSA) is 49.7 Å². The SMILES string of the molecule is O=C=NCc1cc2c(c(Cl)c1O)CCCCC2. The molecule has 0 fully saturated rings. The number of phenols is 1. The number of aryl methyl sites for hydroxylation is 1. The molecule has 0 unspecified atom stereocenters. The second kappa shape index (κ2) is 5.35. The summed E-state index contributed by atoms with van der Waals surface area (Å²) in [6, 6.07) is 1.92. The van der Waals surface area contributed by atoms with Crippen molar-refractivity contribution in [2.24, 2.45) is 4.99 Å². The van der Waals surface area contributed by atoms with E-state index in [1.54, 1.807) is 0 Å². The molecule has 0 saturated heterocycles. The average Bonchev–Trinajstić information content (AvgIpc) is 2.57. The number of rotatable bonds is 2. The Morgan fingerprint density at radius 2 is 2.12 bits per heavy atom. The van der Waals surface area contributed by atoms with Crippen molar-refractivity contribution in [3.63, 3.8) is 0 Å². The van der Waals surface area contributed by atoms with Crippen molar-refractivity contribution in [3.8, 4) is 5.75 Å². The molecule has 17 heavy (non-hydrogen) atoms. The quantitative estimate of drug-likeness (QED) is 0.499. The number of benzene rings is 1. The molecule has 1 N–H and O–H groups in total. The molecule has 0 bridgehead atoms. The largest absolute Gasteiger partial charge is 0.506 e. The van der Waals surface area contributed by atoms with E-state index in [2.05, 4.69) is 4.99 Å². The molecule has 0 amide bonds. The average molecular weight is 252 g/mol. The van der Waals surface area contributed by atoms with Gasteiger partial charge >= 0.3 is 0 Å². The van der Waals surface area contributed by atoms with Gasteiger partial charge in [-0.05, 0) is 42.9 Å². The Hall–Kier alpha value is -1.31. The summed E-state index contributed by atoms with van der Waals surface area (Å²) in [4.78, 5) is 13.6. The molecule has 0 saturated carbocycles. The zero-order chi connectivity index (χ0) is 12.3. The van der Waals surface area contributed by atoms with E-state index in [4.69, 9.17) is 11.6 Å². The van der Waals surface area contributed by atoms with E-state index in [-0.39, 0.29) is 12.3 Å². The first kappa shape index (κ1) is 12.2. The first-order chi connectivity index (χ1) is 8.24. The van der Waals surface area contributed by atoms with Crippen molar-refractivity contribution >= 4 is 17.7 Å². The molecule has 0 atom stereocenters. The van der Waals surface area contributed by atoms with Crippen LogP contribution in [-0.2, 0) is 24.2 Å². The summed E-state index contributed by atoms with van der Waals surface area (Å²) < 4.78 is 0. The molecule has 1 aliphatic rings. The highest BCUT2D eigenvalue weighted by Crippen LogP contribution is 2.37. The molecule has 4 heteroatoms. The van der Waals surface area contributed by atoms with Gasteiger partial charge in [0.05, 0.1) is 11.6 Å². The second-order valence-corrected chi connectivity index (χ2v) is 4.68. The standard InChI is InChI=1S/C13H14ClNO2/c14-12-11-5-3-1-2-4-9(11)6-10(13(12)17)7-15-8-16/h6,17H,1-5,7H2. The van der Waals surface area contributed by atoms with Gasteiger partial charge in [-0.15, -0.1) is 0 Å². The smallest absolute Gasteiger partial charge is 0.235 e. The van der Waals surface area contributed by atoms with Gasteiger partial charge in [0, 0.05) is 5.56 Å². The highest BCUT2D eigenvalue weighted by atomic mass is 35.5. The Morgan fingerprint density at radius 1 is 1.35 bits per heavy atom. The van der Waals surface area contributed by atoms with Gasteiger partial charge in [0.2, 0.25) is 6.08 Å². The zero-order valence-electron chi connectivity index (χ0n) is 9.50. The van der Waals surface area contributed by atoms with Crippen LogP contribution >= 0.6 is 11.6 Å². The van der Waals surface area contributed by atoms with Gasteiger partial charge in [0.15, 0.2) is 0 Å². The minimum Gasteiger partial charge on any atom is -0.506 e. The van der Waals surface area contributed by atoms with Crippen LogP contribution in [0.25, 0.3) is 0 Å². The van der Waals surface area contributed by atoms with Crippen LogP contribution in [0.2, 0.25) is 5.02 Å². The number of hydrogen-bond donors (Lipinski definition) is 1. The lowest BCUT2D eigenvalue weighted by Crippen LogP contribution is -1.96. The molecule has 0 spiro atoms. The first-order valence-electron chi connectivity index (χ1n) is 5.79. The summed E-state index contributed by atoms with van der Waals surface area (Å²) in [7, 11) is 0. The number of isocyanates is 1. The van der Waals surface area contributed by atoms with E-state index in [1.807, 2.05) is 6.07 Å². The number of phenolic OH excluding ortho intramolecular Hbond substituents is 1. The van der Waals surface area contributed by atoms with Gasteiger partial charge in [-0.2, -0.15) is 0 Å². The van der Waals surface area contributed by atoms with Crippen LogP contribution in [0.15, 0.2) is 11.1 Å². The lowest BCUT2D eigenvalue weighted by atomic mass is 9.99. The molecule has 1 aromatic carbocycles. The Labute approximate surface area is 105 Å². The van der Waals surface area contributed by atoms with Crippen molar-refractivity contribution in [1.82, 2.24) is 0 Å². The van der Waals surface area contributed by atoms with Gasteiger partial charge in [-0.25, -0.2) is 9.79 Å². The normalized spacial score (nSPS) is 14.6. The Bertz CT molecular complexity index is 479. The van der Waals surface area contributed by atoms with E-state index < -0.39 is 0 Å². The fourth-order valence-corrected chi connectivity index (χ4v) is 2.65. The number of halogens is 1. The third kappa shape index (κ3) is 2.51. The maximum atomic E-state index is 10.1. The number of aliphatic imine (C=N–C) groups is 1. The summed E-state index contributed by atoms with van der Waals surface area (Å²) >= 11 is 6.18. The van der Waals surface area contributed by atoms with Crippen molar-refractivity contribution in [2.45, 2.75) is 38.6 Å². The van der Waals surface area contributed by atoms with Crippen molar-refractivity contribution < 1.29 is 9.90 Å². The van der Waals surface area contributed by atoms with Crippen LogP contribution < -0.4 is 0 Å². The minimum atomic E-state index is 0.0614. The molecule has 3 nitrogen and oxygen atoms in total. The number of carbonyl (C=O) groups excluding carboxylic acids is 1.